The molecule has 0 atom stereocenters. The fourth-order valence-electron chi connectivity index (χ4n) is 2.69. The maximum absolute atomic E-state index is 12.2. The predicted molar refractivity (Wildman–Crippen MR) is 111 cm³/mol. The van der Waals surface area contributed by atoms with E-state index in [4.69, 9.17) is 9.47 Å². The van der Waals surface area contributed by atoms with Gasteiger partial charge in [-0.2, -0.15) is 0 Å². The molecule has 148 valence electrons. The normalized spacial score (nSPS) is 10.1. The van der Waals surface area contributed by atoms with Gasteiger partial charge in [0, 0.05) is 0 Å². The molecule has 0 radical (unpaired) electrons. The van der Waals surface area contributed by atoms with Crippen molar-refractivity contribution in [3.05, 3.63) is 78.0 Å². The molecule has 7 heteroatoms. The van der Waals surface area contributed by atoms with Crippen LogP contribution in [0, 0.1) is 0 Å². The van der Waals surface area contributed by atoms with E-state index >= 15 is 0 Å². The van der Waals surface area contributed by atoms with Crippen LogP contribution in [0.15, 0.2) is 66.9 Å². The highest BCUT2D eigenvalue weighted by Crippen LogP contribution is 2.22. The number of methoxy groups -OCH3 is 2. The van der Waals surface area contributed by atoms with Gasteiger partial charge in [0.2, 0.25) is 5.91 Å². The van der Waals surface area contributed by atoms with Crippen LogP contribution in [0.3, 0.4) is 0 Å². The van der Waals surface area contributed by atoms with Gasteiger partial charge < -0.3 is 20.1 Å². The Balaban J connectivity index is 1.61. The molecule has 0 aliphatic rings. The third-order valence-electron chi connectivity index (χ3n) is 4.17. The first-order valence-electron chi connectivity index (χ1n) is 8.92. The Morgan fingerprint density at radius 2 is 1.72 bits per heavy atom. The lowest BCUT2D eigenvalue weighted by Crippen LogP contribution is -2.15. The van der Waals surface area contributed by atoms with Crippen LogP contribution in [-0.4, -0.2) is 31.1 Å². The summed E-state index contributed by atoms with van der Waals surface area (Å²) in [6.45, 7) is 0. The van der Waals surface area contributed by atoms with Gasteiger partial charge in [-0.05, 0) is 42.0 Å². The van der Waals surface area contributed by atoms with Crippen molar-refractivity contribution in [1.82, 2.24) is 4.98 Å². The van der Waals surface area contributed by atoms with Gasteiger partial charge >= 0.3 is 5.97 Å². The minimum absolute atomic E-state index is 0.167. The number of nitrogens with one attached hydrogen (secondary N) is 2. The summed E-state index contributed by atoms with van der Waals surface area (Å²) >= 11 is 0. The number of carbonyl (C=O) groups is 2. The van der Waals surface area contributed by atoms with Crippen molar-refractivity contribution >= 4 is 29.1 Å². The number of benzene rings is 2. The maximum atomic E-state index is 12.2. The fourth-order valence-corrected chi connectivity index (χ4v) is 2.69. The molecule has 0 aliphatic heterocycles. The number of pyridine rings is 1. The van der Waals surface area contributed by atoms with Crippen LogP contribution in [0.1, 0.15) is 15.9 Å². The van der Waals surface area contributed by atoms with Gasteiger partial charge in [0.25, 0.3) is 0 Å². The molecule has 29 heavy (non-hydrogen) atoms. The zero-order valence-corrected chi connectivity index (χ0v) is 16.1. The van der Waals surface area contributed by atoms with Crippen LogP contribution in [-0.2, 0) is 16.0 Å². The number of hydrogen-bond acceptors (Lipinski definition) is 6. The van der Waals surface area contributed by atoms with Crippen molar-refractivity contribution in [2.75, 3.05) is 24.9 Å². The van der Waals surface area contributed by atoms with E-state index in [0.717, 1.165) is 11.3 Å². The summed E-state index contributed by atoms with van der Waals surface area (Å²) in [5.41, 5.74) is 2.58. The topological polar surface area (TPSA) is 89.6 Å². The van der Waals surface area contributed by atoms with Gasteiger partial charge in [0.05, 0.1) is 43.8 Å². The highest BCUT2D eigenvalue weighted by Gasteiger charge is 2.11. The van der Waals surface area contributed by atoms with Crippen LogP contribution in [0.4, 0.5) is 17.2 Å². The molecule has 3 aromatic rings. The molecule has 2 N–H and O–H groups in total. The predicted octanol–water partition coefficient (Wildman–Crippen LogP) is 3.80. The van der Waals surface area contributed by atoms with E-state index in [2.05, 4.69) is 15.6 Å². The lowest BCUT2D eigenvalue weighted by molar-refractivity contribution is -0.115. The third-order valence-corrected chi connectivity index (χ3v) is 4.17. The summed E-state index contributed by atoms with van der Waals surface area (Å²) < 4.78 is 9.90. The quantitative estimate of drug-likeness (QED) is 0.596. The molecular weight excluding hydrogens is 370 g/mol. The third kappa shape index (κ3) is 5.32. The lowest BCUT2D eigenvalue weighted by atomic mass is 10.1. The Morgan fingerprint density at radius 3 is 2.38 bits per heavy atom. The van der Waals surface area contributed by atoms with Crippen molar-refractivity contribution in [3.8, 4) is 5.75 Å². The summed E-state index contributed by atoms with van der Waals surface area (Å²) in [6, 6.07) is 17.8. The summed E-state index contributed by atoms with van der Waals surface area (Å²) in [5, 5.41) is 5.90. The van der Waals surface area contributed by atoms with Crippen molar-refractivity contribution in [2.24, 2.45) is 0 Å². The van der Waals surface area contributed by atoms with Crippen molar-refractivity contribution in [1.29, 1.82) is 0 Å². The number of hydrogen-bond donors (Lipinski definition) is 2. The number of amides is 1. The number of para-hydroxylation sites is 1. The molecule has 0 unspecified atom stereocenters. The zero-order valence-electron chi connectivity index (χ0n) is 16.1. The molecule has 2 aromatic carbocycles. The summed E-state index contributed by atoms with van der Waals surface area (Å²) in [6.07, 6.45) is 1.81. The van der Waals surface area contributed by atoms with E-state index in [0.29, 0.717) is 22.8 Å². The Labute approximate surface area is 168 Å². The Kier molecular flexibility index (Phi) is 6.42. The van der Waals surface area contributed by atoms with Gasteiger partial charge in [-0.25, -0.2) is 9.78 Å². The SMILES string of the molecule is COC(=O)c1ccccc1Nc1ccc(NC(=O)Cc2ccc(OC)cc2)nc1. The molecule has 0 aliphatic carbocycles. The van der Waals surface area contributed by atoms with Gasteiger partial charge in [-0.15, -0.1) is 0 Å². The largest absolute Gasteiger partial charge is 0.497 e. The first-order chi connectivity index (χ1) is 14.1. The Bertz CT molecular complexity index is 986. The second-order valence-electron chi connectivity index (χ2n) is 6.17. The summed E-state index contributed by atoms with van der Waals surface area (Å²) in [4.78, 5) is 28.3. The molecule has 0 saturated carbocycles. The van der Waals surface area contributed by atoms with E-state index in [1.54, 1.807) is 43.6 Å². The van der Waals surface area contributed by atoms with Crippen molar-refractivity contribution < 1.29 is 19.1 Å². The van der Waals surface area contributed by atoms with E-state index < -0.39 is 5.97 Å². The number of carbonyl (C=O) groups excluding carboxylic acids is 2. The molecule has 1 aromatic heterocycles. The first kappa shape index (κ1) is 19.9. The molecule has 1 amide bonds. The van der Waals surface area contributed by atoms with Gasteiger partial charge in [0.15, 0.2) is 0 Å². The van der Waals surface area contributed by atoms with Crippen LogP contribution >= 0.6 is 0 Å². The van der Waals surface area contributed by atoms with Crippen LogP contribution < -0.4 is 15.4 Å². The molecule has 7 nitrogen and oxygen atoms in total. The summed E-state index contributed by atoms with van der Waals surface area (Å²) in [7, 11) is 2.93. The second kappa shape index (κ2) is 9.36. The van der Waals surface area contributed by atoms with E-state index in [1.165, 1.54) is 7.11 Å². The molecule has 1 heterocycles. The maximum Gasteiger partial charge on any atom is 0.339 e. The number of ether oxygens (including phenoxy) is 2. The zero-order chi connectivity index (χ0) is 20.6. The number of rotatable bonds is 7. The number of aromatic nitrogens is 1. The lowest BCUT2D eigenvalue weighted by Gasteiger charge is -2.11. The standard InChI is InChI=1S/C22H21N3O4/c1-28-17-10-7-15(8-11-17)13-21(26)25-20-12-9-16(14-23-20)24-19-6-4-3-5-18(19)22(27)29-2/h3-12,14,24H,13H2,1-2H3,(H,23,25,26). The molecule has 0 spiro atoms. The molecular formula is C22H21N3O4. The number of nitrogens with zero attached hydrogens (tertiary/aromatic N) is 1. The molecule has 0 saturated heterocycles. The van der Waals surface area contributed by atoms with Gasteiger partial charge in [-0.3, -0.25) is 4.79 Å². The monoisotopic (exact) mass is 391 g/mol. The van der Waals surface area contributed by atoms with Crippen LogP contribution in [0.25, 0.3) is 0 Å². The van der Waals surface area contributed by atoms with Crippen LogP contribution in [0.2, 0.25) is 0 Å². The highest BCUT2D eigenvalue weighted by atomic mass is 16.5. The molecule has 0 fully saturated rings. The van der Waals surface area contributed by atoms with E-state index in [9.17, 15) is 9.59 Å². The first-order valence-corrected chi connectivity index (χ1v) is 8.92. The average molecular weight is 391 g/mol. The molecule has 3 rings (SSSR count). The van der Waals surface area contributed by atoms with Gasteiger partial charge in [0.1, 0.15) is 11.6 Å². The second-order valence-corrected chi connectivity index (χ2v) is 6.17. The average Bonchev–Trinajstić information content (AvgIpc) is 2.75. The minimum atomic E-state index is -0.427. The smallest absolute Gasteiger partial charge is 0.339 e. The Hall–Kier alpha value is -3.87. The van der Waals surface area contributed by atoms with Crippen molar-refractivity contribution in [2.45, 2.75) is 6.42 Å². The fraction of sp³-hybridized carbons (Fsp3) is 0.136. The number of anilines is 3. The van der Waals surface area contributed by atoms with Gasteiger partial charge in [-0.1, -0.05) is 24.3 Å². The van der Waals surface area contributed by atoms with Crippen molar-refractivity contribution in [3.63, 3.8) is 0 Å². The van der Waals surface area contributed by atoms with E-state index in [1.807, 2.05) is 30.3 Å². The molecule has 0 bridgehead atoms. The Morgan fingerprint density at radius 1 is 0.966 bits per heavy atom. The minimum Gasteiger partial charge on any atom is -0.497 e. The van der Waals surface area contributed by atoms with E-state index in [-0.39, 0.29) is 12.3 Å². The summed E-state index contributed by atoms with van der Waals surface area (Å²) in [5.74, 6) is 0.589. The van der Waals surface area contributed by atoms with Crippen LogP contribution in [0.5, 0.6) is 5.75 Å². The number of esters is 1. The highest BCUT2D eigenvalue weighted by molar-refractivity contribution is 5.96.